The van der Waals surface area contributed by atoms with Gasteiger partial charge in [0.2, 0.25) is 5.75 Å². The fraction of sp³-hybridized carbons (Fsp3) is 0.364. The van der Waals surface area contributed by atoms with E-state index in [4.69, 9.17) is 18.9 Å². The number of methoxy groups -OCH3 is 1. The highest BCUT2D eigenvalue weighted by molar-refractivity contribution is 7.92. The molecule has 0 radical (unpaired) electrons. The van der Waals surface area contributed by atoms with Crippen LogP contribution in [0.3, 0.4) is 0 Å². The number of anilines is 1. The number of hydrogen-bond donors (Lipinski definition) is 1. The summed E-state index contributed by atoms with van der Waals surface area (Å²) in [5, 5.41) is 9.36. The first-order valence-electron chi connectivity index (χ1n) is 15.4. The summed E-state index contributed by atoms with van der Waals surface area (Å²) >= 11 is 0. The number of unbranched alkanes of at least 4 members (excludes halogenated alkanes) is 1. The molecule has 0 unspecified atom stereocenters. The maximum absolute atomic E-state index is 13.7. The number of rotatable bonds is 20. The minimum absolute atomic E-state index is 0.0113. The van der Waals surface area contributed by atoms with Crippen LogP contribution in [0.25, 0.3) is 0 Å². The van der Waals surface area contributed by atoms with Crippen LogP contribution in [0.4, 0.5) is 5.82 Å². The Balaban J connectivity index is 1.95. The molecule has 0 fully saturated rings. The number of aromatic nitrogens is 2. The summed E-state index contributed by atoms with van der Waals surface area (Å²) in [7, 11) is -2.77. The van der Waals surface area contributed by atoms with Crippen molar-refractivity contribution in [2.24, 2.45) is 9.98 Å². The van der Waals surface area contributed by atoms with Gasteiger partial charge in [-0.25, -0.2) is 13.4 Å². The minimum Gasteiger partial charge on any atom is -0.493 e. The normalized spacial score (nSPS) is 11.7. The molecule has 16 nitrogen and oxygen atoms in total. The third kappa shape index (κ3) is 12.5. The number of hydrogen-bond acceptors (Lipinski definition) is 14. The van der Waals surface area contributed by atoms with Gasteiger partial charge >= 0.3 is 5.97 Å². The van der Waals surface area contributed by atoms with Crippen molar-refractivity contribution in [2.75, 3.05) is 31.7 Å². The van der Waals surface area contributed by atoms with Gasteiger partial charge in [-0.2, -0.15) is 4.98 Å². The highest BCUT2D eigenvalue weighted by Gasteiger charge is 2.25. The Kier molecular flexibility index (Phi) is 14.6. The molecule has 0 saturated heterocycles. The van der Waals surface area contributed by atoms with E-state index in [1.165, 1.54) is 37.7 Å². The zero-order valence-electron chi connectivity index (χ0n) is 28.2. The number of sulfonamides is 1. The van der Waals surface area contributed by atoms with Crippen molar-refractivity contribution < 1.29 is 42.1 Å². The molecule has 3 aromatic rings. The van der Waals surface area contributed by atoms with Gasteiger partial charge in [-0.3, -0.25) is 19.5 Å². The lowest BCUT2D eigenvalue weighted by molar-refractivity contribution is -0.757. The van der Waals surface area contributed by atoms with Crippen LogP contribution < -0.4 is 18.9 Å². The van der Waals surface area contributed by atoms with Crippen LogP contribution in [0.2, 0.25) is 0 Å². The lowest BCUT2D eigenvalue weighted by atomic mass is 9.87. The van der Waals surface area contributed by atoms with Gasteiger partial charge < -0.3 is 23.8 Å². The number of carbonyl (C=O) groups is 1. The Morgan fingerprint density at radius 2 is 1.76 bits per heavy atom. The molecule has 0 aliphatic heterocycles. The summed E-state index contributed by atoms with van der Waals surface area (Å²) < 4.78 is 52.6. The quantitative estimate of drug-likeness (QED) is 0.0510. The fourth-order valence-corrected chi connectivity index (χ4v) is 5.11. The summed E-state index contributed by atoms with van der Waals surface area (Å²) in [6.07, 6.45) is 5.04. The molecule has 0 aliphatic carbocycles. The average Bonchev–Trinajstić information content (AvgIpc) is 3.07. The van der Waals surface area contributed by atoms with Gasteiger partial charge in [0.1, 0.15) is 13.2 Å². The highest BCUT2D eigenvalue weighted by atomic mass is 32.2. The molecule has 17 heteroatoms. The molecule has 0 atom stereocenters. The van der Waals surface area contributed by atoms with Crippen molar-refractivity contribution in [1.29, 1.82) is 0 Å². The summed E-state index contributed by atoms with van der Waals surface area (Å²) in [5.41, 5.74) is 0.749. The van der Waals surface area contributed by atoms with E-state index in [1.807, 2.05) is 20.8 Å². The van der Waals surface area contributed by atoms with Crippen molar-refractivity contribution >= 4 is 34.7 Å². The van der Waals surface area contributed by atoms with Gasteiger partial charge in [0.15, 0.2) is 23.1 Å². The van der Waals surface area contributed by atoms with Crippen LogP contribution in [-0.2, 0) is 36.4 Å². The first-order chi connectivity index (χ1) is 23.8. The number of aliphatic imine (C=N–C) groups is 2. The summed E-state index contributed by atoms with van der Waals surface area (Å²) in [6, 6.07) is 13.1. The predicted molar refractivity (Wildman–Crippen MR) is 185 cm³/mol. The average molecular weight is 713 g/mol. The van der Waals surface area contributed by atoms with Gasteiger partial charge in [0, 0.05) is 18.8 Å². The van der Waals surface area contributed by atoms with E-state index in [1.54, 1.807) is 36.4 Å². The van der Waals surface area contributed by atoms with Crippen molar-refractivity contribution in [3.05, 3.63) is 82.3 Å². The van der Waals surface area contributed by atoms with Gasteiger partial charge in [0.05, 0.1) is 25.2 Å². The molecule has 0 aliphatic rings. The number of nitrogens with one attached hydrogen (secondary N) is 1. The van der Waals surface area contributed by atoms with E-state index in [9.17, 15) is 23.3 Å². The summed E-state index contributed by atoms with van der Waals surface area (Å²) in [4.78, 5) is 43.3. The van der Waals surface area contributed by atoms with Crippen LogP contribution >= 0.6 is 0 Å². The molecule has 50 heavy (non-hydrogen) atoms. The number of para-hydroxylation sites is 2. The van der Waals surface area contributed by atoms with E-state index < -0.39 is 21.1 Å². The first kappa shape index (κ1) is 38.9. The lowest BCUT2D eigenvalue weighted by Gasteiger charge is -2.20. The largest absolute Gasteiger partial charge is 0.493 e. The first-order valence-corrected chi connectivity index (χ1v) is 16.8. The molecular formula is C33H40N6O10S. The van der Waals surface area contributed by atoms with Crippen LogP contribution in [-0.4, -0.2) is 69.3 Å². The van der Waals surface area contributed by atoms with Gasteiger partial charge in [-0.05, 0) is 60.9 Å². The Morgan fingerprint density at radius 1 is 1.04 bits per heavy atom. The number of ether oxygens (including phenoxy) is 4. The van der Waals surface area contributed by atoms with Crippen LogP contribution in [0.15, 0.2) is 75.7 Å². The number of esters is 1. The molecule has 0 bridgehead atoms. The molecular weight excluding hydrogens is 672 g/mol. The topological polar surface area (TPSA) is 203 Å². The summed E-state index contributed by atoms with van der Waals surface area (Å²) in [5.74, 6) is -0.553. The maximum atomic E-state index is 13.7. The third-order valence-corrected chi connectivity index (χ3v) is 7.95. The number of benzene rings is 2. The molecule has 1 N–H and O–H groups in total. The van der Waals surface area contributed by atoms with Gasteiger partial charge in [-0.15, -0.1) is 10.1 Å². The second kappa shape index (κ2) is 18.8. The molecule has 1 aromatic heterocycles. The van der Waals surface area contributed by atoms with Crippen molar-refractivity contribution in [3.63, 3.8) is 0 Å². The molecule has 0 saturated carbocycles. The Hall–Kier alpha value is -5.58. The number of nitrogens with zero attached hydrogens (tertiary/aromatic N) is 5. The van der Waals surface area contributed by atoms with E-state index in [0.717, 1.165) is 5.56 Å². The smallest absolute Gasteiger partial charge is 0.305 e. The zero-order valence-corrected chi connectivity index (χ0v) is 29.1. The highest BCUT2D eigenvalue weighted by Crippen LogP contribution is 2.40. The van der Waals surface area contributed by atoms with Crippen LogP contribution in [0.1, 0.15) is 51.4 Å². The fourth-order valence-electron chi connectivity index (χ4n) is 4.11. The second-order valence-electron chi connectivity index (χ2n) is 11.4. The maximum Gasteiger partial charge on any atom is 0.305 e. The van der Waals surface area contributed by atoms with E-state index in [0.29, 0.717) is 18.6 Å². The SMILES string of the molecule is C=N/C=C\C=NCc1nc(NS(=O)(=O)c2ccc(C(C)(C)C)cc2)c(Oc2ccccc2OC)c(OCCOC(=O)CCCCO[N+](=O)[O-])n1. The molecule has 3 rings (SSSR count). The Morgan fingerprint density at radius 3 is 2.42 bits per heavy atom. The monoisotopic (exact) mass is 712 g/mol. The predicted octanol–water partition coefficient (Wildman–Crippen LogP) is 5.46. The van der Waals surface area contributed by atoms with Crippen LogP contribution in [0.5, 0.6) is 23.1 Å². The minimum atomic E-state index is -4.22. The Labute approximate surface area is 290 Å². The summed E-state index contributed by atoms with van der Waals surface area (Å²) in [6.45, 7) is 8.80. The van der Waals surface area contributed by atoms with Gasteiger partial charge in [-0.1, -0.05) is 45.0 Å². The third-order valence-electron chi connectivity index (χ3n) is 6.60. The molecule has 1 heterocycles. The van der Waals surface area contributed by atoms with E-state index in [-0.39, 0.29) is 72.1 Å². The van der Waals surface area contributed by atoms with E-state index in [2.05, 4.69) is 36.2 Å². The second-order valence-corrected chi connectivity index (χ2v) is 13.0. The molecule has 268 valence electrons. The lowest BCUT2D eigenvalue weighted by Crippen LogP contribution is -2.18. The van der Waals surface area contributed by atoms with Crippen molar-refractivity contribution in [3.8, 4) is 23.1 Å². The zero-order chi connectivity index (χ0) is 36.6. The van der Waals surface area contributed by atoms with E-state index >= 15 is 0 Å². The standard InChI is InChI=1S/C33H40N6O10S/c1-33(2,3)24-14-16-25(17-15-24)50(43,44)38-31-30(49-27-12-7-6-11-26(27)45-5)32(37-28(36-31)23-35-19-10-18-34-4)47-22-21-46-29(40)13-8-9-20-48-39(41)42/h6-7,10-12,14-19H,4,8-9,13,20-23H2,1-3,5H3,(H,36,37,38)/b18-10-,35-19?. The number of allylic oxidation sites excluding steroid dienone is 1. The van der Waals surface area contributed by atoms with Crippen molar-refractivity contribution in [2.45, 2.75) is 56.9 Å². The van der Waals surface area contributed by atoms with Crippen LogP contribution in [0, 0.1) is 10.1 Å². The molecule has 2 aromatic carbocycles. The number of carbonyl (C=O) groups excluding carboxylic acids is 1. The molecule has 0 amide bonds. The Bertz CT molecular complexity index is 1770. The van der Waals surface area contributed by atoms with Gasteiger partial charge in [0.25, 0.3) is 21.0 Å². The van der Waals surface area contributed by atoms with Crippen molar-refractivity contribution in [1.82, 2.24) is 9.97 Å². The molecule has 0 spiro atoms.